The molecule has 2 atom stereocenters. The molecule has 1 rings (SSSR count). The summed E-state index contributed by atoms with van der Waals surface area (Å²) in [6.45, 7) is 4.13. The van der Waals surface area contributed by atoms with Gasteiger partial charge in [-0.15, -0.1) is 0 Å². The van der Waals surface area contributed by atoms with Crippen LogP contribution < -0.4 is 10.5 Å². The second-order valence-corrected chi connectivity index (χ2v) is 6.10. The van der Waals surface area contributed by atoms with Gasteiger partial charge in [0.15, 0.2) is 0 Å². The number of rotatable bonds is 6. The van der Waals surface area contributed by atoms with Crippen LogP contribution in [0.2, 0.25) is 0 Å². The summed E-state index contributed by atoms with van der Waals surface area (Å²) in [7, 11) is 0.771. The van der Waals surface area contributed by atoms with Crippen LogP contribution in [0.1, 0.15) is 25.5 Å². The molecule has 1 aromatic carbocycles. The van der Waals surface area contributed by atoms with Gasteiger partial charge in [-0.2, -0.15) is 0 Å². The summed E-state index contributed by atoms with van der Waals surface area (Å²) in [5.41, 5.74) is 7.02. The Balaban J connectivity index is 2.62. The van der Waals surface area contributed by atoms with Gasteiger partial charge in [0.05, 0.1) is 7.11 Å². The normalized spacial score (nSPS) is 14.6. The molecule has 1 aromatic rings. The van der Waals surface area contributed by atoms with Crippen LogP contribution >= 0.6 is 0 Å². The molecule has 0 aliphatic rings. The number of methoxy groups -OCH3 is 1. The molecule has 0 radical (unpaired) electrons. The minimum absolute atomic E-state index is 0.190. The molecule has 2 N–H and O–H groups in total. The summed E-state index contributed by atoms with van der Waals surface area (Å²) in [6.07, 6.45) is 0. The van der Waals surface area contributed by atoms with E-state index >= 15 is 0 Å². The van der Waals surface area contributed by atoms with Gasteiger partial charge in [0.1, 0.15) is 5.75 Å². The van der Waals surface area contributed by atoms with Gasteiger partial charge in [-0.3, -0.25) is 4.21 Å². The number of hydrogen-bond donors (Lipinski definition) is 1. The van der Waals surface area contributed by atoms with Crippen molar-refractivity contribution in [2.24, 2.45) is 11.7 Å². The Hall–Kier alpha value is -0.870. The van der Waals surface area contributed by atoms with E-state index in [0.717, 1.165) is 11.3 Å². The highest BCUT2D eigenvalue weighted by molar-refractivity contribution is 7.85. The van der Waals surface area contributed by atoms with Crippen molar-refractivity contribution in [3.63, 3.8) is 0 Å². The van der Waals surface area contributed by atoms with Crippen molar-refractivity contribution in [2.75, 3.05) is 18.6 Å². The molecule has 0 spiro atoms. The summed E-state index contributed by atoms with van der Waals surface area (Å²) >= 11 is 0. The van der Waals surface area contributed by atoms with E-state index in [1.165, 1.54) is 0 Å². The highest BCUT2D eigenvalue weighted by Gasteiger charge is 2.12. The predicted molar refractivity (Wildman–Crippen MR) is 72.6 cm³/mol. The minimum Gasteiger partial charge on any atom is -0.497 e. The SMILES string of the molecule is COc1cccc(C(N)CS(=O)CC(C)C)c1. The first-order valence-corrected chi connectivity index (χ1v) is 7.26. The quantitative estimate of drug-likeness (QED) is 0.847. The molecule has 0 fully saturated rings. The topological polar surface area (TPSA) is 52.3 Å². The van der Waals surface area contributed by atoms with Crippen LogP contribution in [0.15, 0.2) is 24.3 Å². The van der Waals surface area contributed by atoms with E-state index in [2.05, 4.69) is 13.8 Å². The van der Waals surface area contributed by atoms with Crippen molar-refractivity contribution in [3.8, 4) is 5.75 Å². The van der Waals surface area contributed by atoms with Crippen LogP contribution in [0.4, 0.5) is 0 Å². The molecule has 0 saturated carbocycles. The molecule has 0 aromatic heterocycles. The van der Waals surface area contributed by atoms with Crippen LogP contribution in [-0.2, 0) is 10.8 Å². The van der Waals surface area contributed by atoms with Crippen molar-refractivity contribution >= 4 is 10.8 Å². The Morgan fingerprint density at radius 3 is 2.65 bits per heavy atom. The lowest BCUT2D eigenvalue weighted by molar-refractivity contribution is 0.414. The molecule has 0 saturated heterocycles. The Labute approximate surface area is 106 Å². The van der Waals surface area contributed by atoms with Crippen LogP contribution in [0, 0.1) is 5.92 Å². The van der Waals surface area contributed by atoms with Crippen molar-refractivity contribution in [2.45, 2.75) is 19.9 Å². The van der Waals surface area contributed by atoms with E-state index in [0.29, 0.717) is 17.4 Å². The Morgan fingerprint density at radius 2 is 2.06 bits per heavy atom. The first-order chi connectivity index (χ1) is 8.02. The standard InChI is InChI=1S/C13H21NO2S/c1-10(2)8-17(15)9-13(14)11-5-4-6-12(7-11)16-3/h4-7,10,13H,8-9,14H2,1-3H3. The number of nitrogens with two attached hydrogens (primary N) is 1. The van der Waals surface area contributed by atoms with E-state index < -0.39 is 10.8 Å². The molecule has 0 heterocycles. The lowest BCUT2D eigenvalue weighted by Crippen LogP contribution is -2.21. The molecular weight excluding hydrogens is 234 g/mol. The third-order valence-electron chi connectivity index (χ3n) is 2.41. The average Bonchev–Trinajstić information content (AvgIpc) is 2.27. The van der Waals surface area contributed by atoms with Gasteiger partial charge in [0, 0.05) is 28.3 Å². The van der Waals surface area contributed by atoms with Crippen LogP contribution in [-0.4, -0.2) is 22.8 Å². The third kappa shape index (κ3) is 4.88. The zero-order valence-electron chi connectivity index (χ0n) is 10.7. The monoisotopic (exact) mass is 255 g/mol. The molecule has 96 valence electrons. The van der Waals surface area contributed by atoms with Gasteiger partial charge in [0.2, 0.25) is 0 Å². The fourth-order valence-electron chi connectivity index (χ4n) is 1.61. The largest absolute Gasteiger partial charge is 0.497 e. The van der Waals surface area contributed by atoms with Crippen molar-refractivity contribution in [1.29, 1.82) is 0 Å². The van der Waals surface area contributed by atoms with E-state index in [1.54, 1.807) is 7.11 Å². The first kappa shape index (κ1) is 14.2. The van der Waals surface area contributed by atoms with Gasteiger partial charge < -0.3 is 10.5 Å². The Kier molecular flexibility index (Phi) is 5.65. The van der Waals surface area contributed by atoms with E-state index in [9.17, 15) is 4.21 Å². The van der Waals surface area contributed by atoms with Crippen LogP contribution in [0.25, 0.3) is 0 Å². The lowest BCUT2D eigenvalue weighted by atomic mass is 10.1. The number of hydrogen-bond acceptors (Lipinski definition) is 3. The molecule has 2 unspecified atom stereocenters. The maximum atomic E-state index is 11.8. The van der Waals surface area contributed by atoms with Crippen molar-refractivity contribution in [1.82, 2.24) is 0 Å². The minimum atomic E-state index is -0.855. The summed E-state index contributed by atoms with van der Waals surface area (Å²) in [5.74, 6) is 2.43. The van der Waals surface area contributed by atoms with E-state index in [-0.39, 0.29) is 6.04 Å². The summed E-state index contributed by atoms with van der Waals surface area (Å²) in [5, 5.41) is 0. The predicted octanol–water partition coefficient (Wildman–Crippen LogP) is 2.10. The fraction of sp³-hybridized carbons (Fsp3) is 0.538. The second kappa shape index (κ2) is 6.77. The van der Waals surface area contributed by atoms with Gasteiger partial charge in [-0.05, 0) is 23.6 Å². The van der Waals surface area contributed by atoms with Gasteiger partial charge in [-0.25, -0.2) is 0 Å². The van der Waals surface area contributed by atoms with Crippen LogP contribution in [0.3, 0.4) is 0 Å². The molecule has 0 bridgehead atoms. The Bertz CT molecular complexity index is 379. The molecule has 3 nitrogen and oxygen atoms in total. The molecule has 4 heteroatoms. The maximum absolute atomic E-state index is 11.8. The summed E-state index contributed by atoms with van der Waals surface area (Å²) in [6, 6.07) is 7.43. The third-order valence-corrected chi connectivity index (χ3v) is 4.18. The van der Waals surface area contributed by atoms with E-state index in [4.69, 9.17) is 10.5 Å². The average molecular weight is 255 g/mol. The maximum Gasteiger partial charge on any atom is 0.119 e. The zero-order valence-corrected chi connectivity index (χ0v) is 11.5. The van der Waals surface area contributed by atoms with Crippen LogP contribution in [0.5, 0.6) is 5.75 Å². The smallest absolute Gasteiger partial charge is 0.119 e. The van der Waals surface area contributed by atoms with E-state index in [1.807, 2.05) is 24.3 Å². The zero-order chi connectivity index (χ0) is 12.8. The molecule has 0 aliphatic carbocycles. The summed E-state index contributed by atoms with van der Waals surface area (Å²) < 4.78 is 16.9. The highest BCUT2D eigenvalue weighted by Crippen LogP contribution is 2.18. The molecular formula is C13H21NO2S. The van der Waals surface area contributed by atoms with Gasteiger partial charge >= 0.3 is 0 Å². The van der Waals surface area contributed by atoms with Crippen molar-refractivity contribution in [3.05, 3.63) is 29.8 Å². The second-order valence-electron chi connectivity index (χ2n) is 4.55. The first-order valence-electron chi connectivity index (χ1n) is 5.77. The fourth-order valence-corrected chi connectivity index (χ4v) is 3.08. The highest BCUT2D eigenvalue weighted by atomic mass is 32.2. The molecule has 17 heavy (non-hydrogen) atoms. The Morgan fingerprint density at radius 1 is 1.35 bits per heavy atom. The number of ether oxygens (including phenoxy) is 1. The molecule has 0 aliphatic heterocycles. The molecule has 0 amide bonds. The lowest BCUT2D eigenvalue weighted by Gasteiger charge is -2.13. The van der Waals surface area contributed by atoms with Crippen molar-refractivity contribution < 1.29 is 8.95 Å². The van der Waals surface area contributed by atoms with Gasteiger partial charge in [0.25, 0.3) is 0 Å². The number of benzene rings is 1. The summed E-state index contributed by atoms with van der Waals surface area (Å²) in [4.78, 5) is 0. The van der Waals surface area contributed by atoms with Gasteiger partial charge in [-0.1, -0.05) is 26.0 Å².